The number of rotatable bonds is 3. The molecule has 1 heterocycles. The highest BCUT2D eigenvalue weighted by Gasteiger charge is 2.27. The summed E-state index contributed by atoms with van der Waals surface area (Å²) in [6.07, 6.45) is 1.29. The van der Waals surface area contributed by atoms with Gasteiger partial charge >= 0.3 is 5.97 Å². The highest BCUT2D eigenvalue weighted by molar-refractivity contribution is 6.32. The van der Waals surface area contributed by atoms with Gasteiger partial charge in [0.05, 0.1) is 17.3 Å². The van der Waals surface area contributed by atoms with Crippen LogP contribution in [0.4, 0.5) is 4.39 Å². The summed E-state index contributed by atoms with van der Waals surface area (Å²) in [6.45, 7) is 3.40. The van der Waals surface area contributed by atoms with Gasteiger partial charge in [-0.25, -0.2) is 14.2 Å². The molecular weight excluding hydrogens is 297 g/mol. The highest BCUT2D eigenvalue weighted by Crippen LogP contribution is 2.29. The molecule has 0 aromatic heterocycles. The molecule has 0 saturated heterocycles. The SMILES string of the molecule is CCOC(=O)C1=C(O)/C(=C\c2c(F)cccc2Cl)N=C1C. The average Bonchev–Trinajstić information content (AvgIpc) is 2.69. The van der Waals surface area contributed by atoms with Crippen molar-refractivity contribution < 1.29 is 19.0 Å². The van der Waals surface area contributed by atoms with Gasteiger partial charge in [-0.05, 0) is 32.1 Å². The lowest BCUT2D eigenvalue weighted by Gasteiger charge is -2.03. The van der Waals surface area contributed by atoms with Gasteiger partial charge in [0.1, 0.15) is 17.1 Å². The van der Waals surface area contributed by atoms with Crippen molar-refractivity contribution in [2.24, 2.45) is 4.99 Å². The summed E-state index contributed by atoms with van der Waals surface area (Å²) in [5.41, 5.74) is 0.463. The highest BCUT2D eigenvalue weighted by atomic mass is 35.5. The van der Waals surface area contributed by atoms with Gasteiger partial charge in [-0.1, -0.05) is 17.7 Å². The molecule has 0 amide bonds. The molecule has 1 aliphatic rings. The first-order valence-corrected chi connectivity index (χ1v) is 6.65. The maximum atomic E-state index is 13.7. The predicted octanol–water partition coefficient (Wildman–Crippen LogP) is 3.67. The minimum atomic E-state index is -0.667. The third kappa shape index (κ3) is 2.97. The first-order valence-electron chi connectivity index (χ1n) is 6.27. The predicted molar refractivity (Wildman–Crippen MR) is 78.8 cm³/mol. The number of benzene rings is 1. The fourth-order valence-electron chi connectivity index (χ4n) is 1.92. The summed E-state index contributed by atoms with van der Waals surface area (Å²) >= 11 is 5.92. The largest absolute Gasteiger partial charge is 0.505 e. The summed E-state index contributed by atoms with van der Waals surface area (Å²) in [6, 6.07) is 4.25. The van der Waals surface area contributed by atoms with Crippen LogP contribution >= 0.6 is 11.6 Å². The topological polar surface area (TPSA) is 58.9 Å². The van der Waals surface area contributed by atoms with Crippen LogP contribution in [0.2, 0.25) is 5.02 Å². The molecule has 110 valence electrons. The molecule has 1 N–H and O–H groups in total. The first kappa shape index (κ1) is 15.3. The summed E-state index contributed by atoms with van der Waals surface area (Å²) < 4.78 is 18.6. The van der Waals surface area contributed by atoms with Crippen LogP contribution in [0, 0.1) is 5.82 Å². The van der Waals surface area contributed by atoms with Crippen molar-refractivity contribution in [1.82, 2.24) is 0 Å². The van der Waals surface area contributed by atoms with Crippen LogP contribution in [-0.2, 0) is 9.53 Å². The summed E-state index contributed by atoms with van der Waals surface area (Å²) in [5.74, 6) is -1.55. The second-order valence-electron chi connectivity index (χ2n) is 4.31. The zero-order valence-corrected chi connectivity index (χ0v) is 12.2. The Morgan fingerprint density at radius 3 is 2.86 bits per heavy atom. The molecule has 0 saturated carbocycles. The maximum absolute atomic E-state index is 13.7. The maximum Gasteiger partial charge on any atom is 0.343 e. The molecule has 4 nitrogen and oxygen atoms in total. The lowest BCUT2D eigenvalue weighted by Crippen LogP contribution is -2.13. The van der Waals surface area contributed by atoms with Crippen LogP contribution in [0.15, 0.2) is 40.2 Å². The second kappa shape index (κ2) is 6.10. The monoisotopic (exact) mass is 309 g/mol. The van der Waals surface area contributed by atoms with E-state index >= 15 is 0 Å². The first-order chi connectivity index (χ1) is 9.95. The van der Waals surface area contributed by atoms with Crippen LogP contribution < -0.4 is 0 Å². The van der Waals surface area contributed by atoms with Crippen molar-refractivity contribution in [3.63, 3.8) is 0 Å². The zero-order chi connectivity index (χ0) is 15.6. The smallest absolute Gasteiger partial charge is 0.343 e. The quantitative estimate of drug-likeness (QED) is 0.867. The lowest BCUT2D eigenvalue weighted by atomic mass is 10.1. The van der Waals surface area contributed by atoms with E-state index in [1.54, 1.807) is 13.8 Å². The fourth-order valence-corrected chi connectivity index (χ4v) is 2.14. The minimum Gasteiger partial charge on any atom is -0.505 e. The Balaban J connectivity index is 2.47. The van der Waals surface area contributed by atoms with Gasteiger partial charge in [0.2, 0.25) is 0 Å². The van der Waals surface area contributed by atoms with Crippen LogP contribution in [0.25, 0.3) is 6.08 Å². The number of hydrogen-bond acceptors (Lipinski definition) is 4. The summed E-state index contributed by atoms with van der Waals surface area (Å²) in [7, 11) is 0. The molecule has 6 heteroatoms. The number of aliphatic hydroxyl groups excluding tert-OH is 1. The number of aliphatic imine (C=N–C) groups is 1. The third-order valence-electron chi connectivity index (χ3n) is 2.89. The number of nitrogens with zero attached hydrogens (tertiary/aromatic N) is 1. The van der Waals surface area contributed by atoms with E-state index in [1.807, 2.05) is 0 Å². The molecule has 0 aliphatic carbocycles. The minimum absolute atomic E-state index is 0.0180. The van der Waals surface area contributed by atoms with Crippen LogP contribution in [0.5, 0.6) is 0 Å². The lowest BCUT2D eigenvalue weighted by molar-refractivity contribution is -0.138. The molecule has 2 rings (SSSR count). The van der Waals surface area contributed by atoms with Gasteiger partial charge in [-0.2, -0.15) is 0 Å². The average molecular weight is 310 g/mol. The molecule has 0 unspecified atom stereocenters. The van der Waals surface area contributed by atoms with Crippen molar-refractivity contribution in [2.75, 3.05) is 6.61 Å². The number of halogens is 2. The van der Waals surface area contributed by atoms with E-state index in [9.17, 15) is 14.3 Å². The van der Waals surface area contributed by atoms with Gasteiger partial charge in [-0.15, -0.1) is 0 Å². The molecule has 0 fully saturated rings. The molecule has 1 aliphatic heterocycles. The second-order valence-corrected chi connectivity index (χ2v) is 4.71. The number of esters is 1. The van der Waals surface area contributed by atoms with Gasteiger partial charge < -0.3 is 9.84 Å². The van der Waals surface area contributed by atoms with Crippen molar-refractivity contribution in [3.05, 3.63) is 51.6 Å². The van der Waals surface area contributed by atoms with Gasteiger partial charge in [0.15, 0.2) is 5.76 Å². The Morgan fingerprint density at radius 2 is 2.24 bits per heavy atom. The normalized spacial score (nSPS) is 16.4. The third-order valence-corrected chi connectivity index (χ3v) is 3.22. The van der Waals surface area contributed by atoms with Crippen molar-refractivity contribution in [2.45, 2.75) is 13.8 Å². The molecule has 1 aromatic carbocycles. The van der Waals surface area contributed by atoms with Crippen molar-refractivity contribution >= 4 is 29.4 Å². The molecule has 0 atom stereocenters. The molecule has 1 aromatic rings. The Morgan fingerprint density at radius 1 is 1.52 bits per heavy atom. The van der Waals surface area contributed by atoms with E-state index in [0.29, 0.717) is 5.71 Å². The zero-order valence-electron chi connectivity index (χ0n) is 11.5. The van der Waals surface area contributed by atoms with Crippen LogP contribution in [0.3, 0.4) is 0 Å². The van der Waals surface area contributed by atoms with Crippen LogP contribution in [0.1, 0.15) is 19.4 Å². The molecule has 0 bridgehead atoms. The Labute approximate surface area is 126 Å². The van der Waals surface area contributed by atoms with Gasteiger partial charge in [0, 0.05) is 5.56 Å². The van der Waals surface area contributed by atoms with E-state index in [4.69, 9.17) is 16.3 Å². The Bertz CT molecular complexity index is 672. The van der Waals surface area contributed by atoms with Crippen molar-refractivity contribution in [3.8, 4) is 0 Å². The van der Waals surface area contributed by atoms with E-state index in [-0.39, 0.29) is 34.2 Å². The van der Waals surface area contributed by atoms with Crippen molar-refractivity contribution in [1.29, 1.82) is 0 Å². The number of aliphatic hydroxyl groups is 1. The van der Waals surface area contributed by atoms with E-state index < -0.39 is 11.8 Å². The number of carbonyl (C=O) groups is 1. The summed E-state index contributed by atoms with van der Waals surface area (Å²) in [4.78, 5) is 15.8. The van der Waals surface area contributed by atoms with E-state index in [2.05, 4.69) is 4.99 Å². The van der Waals surface area contributed by atoms with E-state index in [1.165, 1.54) is 24.3 Å². The summed E-state index contributed by atoms with van der Waals surface area (Å²) in [5, 5.41) is 10.3. The molecule has 21 heavy (non-hydrogen) atoms. The Hall–Kier alpha value is -2.14. The molecule has 0 spiro atoms. The fraction of sp³-hybridized carbons (Fsp3) is 0.200. The van der Waals surface area contributed by atoms with Crippen LogP contribution in [-0.4, -0.2) is 23.4 Å². The molecule has 0 radical (unpaired) electrons. The number of carbonyl (C=O) groups excluding carboxylic acids is 1. The molecular formula is C15H13ClFNO3. The van der Waals surface area contributed by atoms with Gasteiger partial charge in [0.25, 0.3) is 0 Å². The standard InChI is InChI=1S/C15H13ClFNO3/c1-3-21-15(20)13-8(2)18-12(14(13)19)7-9-10(16)5-4-6-11(9)17/h4-7,19H,3H2,1-2H3/b12-7+. The number of hydrogen-bond donors (Lipinski definition) is 1. The Kier molecular flexibility index (Phi) is 4.43. The number of ether oxygens (including phenoxy) is 1. The van der Waals surface area contributed by atoms with Gasteiger partial charge in [-0.3, -0.25) is 0 Å². The van der Waals surface area contributed by atoms with E-state index in [0.717, 1.165) is 0 Å².